The van der Waals surface area contributed by atoms with Gasteiger partial charge in [-0.05, 0) is 41.0 Å². The Hall–Kier alpha value is -3.58. The Kier molecular flexibility index (Phi) is 11.5. The van der Waals surface area contributed by atoms with Crippen molar-refractivity contribution in [1.82, 2.24) is 9.80 Å². The lowest BCUT2D eigenvalue weighted by Crippen LogP contribution is -2.47. The summed E-state index contributed by atoms with van der Waals surface area (Å²) in [6.07, 6.45) is 8.56. The minimum absolute atomic E-state index is 0.542. The van der Waals surface area contributed by atoms with Crippen molar-refractivity contribution in [2.45, 2.75) is 0 Å². The lowest BCUT2D eigenvalue weighted by atomic mass is 10.1. The van der Waals surface area contributed by atoms with Gasteiger partial charge in [0.05, 0.1) is 27.4 Å². The molecule has 0 aromatic heterocycles. The summed E-state index contributed by atoms with van der Waals surface area (Å²) in [5.41, 5.74) is 3.36. The molecule has 0 saturated carbocycles. The van der Waals surface area contributed by atoms with Crippen LogP contribution in [0.15, 0.2) is 78.9 Å². The van der Waals surface area contributed by atoms with Crippen LogP contribution in [0.4, 0.5) is 0 Å². The van der Waals surface area contributed by atoms with Crippen molar-refractivity contribution in [2.75, 3.05) is 73.3 Å². The predicted molar refractivity (Wildman–Crippen MR) is 160 cm³/mol. The van der Waals surface area contributed by atoms with E-state index in [1.165, 1.54) is 5.56 Å². The van der Waals surface area contributed by atoms with Gasteiger partial charge in [-0.2, -0.15) is 0 Å². The minimum Gasteiger partial charge on any atom is -0.497 e. The van der Waals surface area contributed by atoms with Crippen LogP contribution in [0.5, 0.6) is 17.2 Å². The SMILES string of the molecule is COc1cc(/C=C/c2ccc(OCCOCCN3CCN(CC=Cc4ccccc4)CC3)cc2)cc(OC)c1. The Balaban J connectivity index is 1.07. The third-order valence-electron chi connectivity index (χ3n) is 6.71. The highest BCUT2D eigenvalue weighted by atomic mass is 16.5. The average molecular weight is 529 g/mol. The van der Waals surface area contributed by atoms with Crippen LogP contribution < -0.4 is 14.2 Å². The van der Waals surface area contributed by atoms with Crippen LogP contribution >= 0.6 is 0 Å². The normalized spacial score (nSPS) is 14.7. The van der Waals surface area contributed by atoms with E-state index in [1.54, 1.807) is 14.2 Å². The van der Waals surface area contributed by atoms with Crippen LogP contribution in [-0.4, -0.2) is 83.1 Å². The number of rotatable bonds is 14. The van der Waals surface area contributed by atoms with E-state index in [2.05, 4.69) is 58.4 Å². The molecule has 1 saturated heterocycles. The minimum atomic E-state index is 0.542. The molecule has 39 heavy (non-hydrogen) atoms. The smallest absolute Gasteiger partial charge is 0.123 e. The van der Waals surface area contributed by atoms with E-state index >= 15 is 0 Å². The largest absolute Gasteiger partial charge is 0.497 e. The Morgan fingerprint density at radius 1 is 0.615 bits per heavy atom. The van der Waals surface area contributed by atoms with E-state index in [1.807, 2.05) is 48.5 Å². The van der Waals surface area contributed by atoms with Crippen LogP contribution in [0.1, 0.15) is 16.7 Å². The van der Waals surface area contributed by atoms with Gasteiger partial charge in [-0.3, -0.25) is 9.80 Å². The van der Waals surface area contributed by atoms with Crippen molar-refractivity contribution >= 4 is 18.2 Å². The van der Waals surface area contributed by atoms with Crippen LogP contribution in [0.2, 0.25) is 0 Å². The fraction of sp³-hybridized carbons (Fsp3) is 0.333. The molecular weight excluding hydrogens is 488 g/mol. The lowest BCUT2D eigenvalue weighted by Gasteiger charge is -2.34. The molecule has 0 spiro atoms. The van der Waals surface area contributed by atoms with Gasteiger partial charge < -0.3 is 18.9 Å². The molecule has 206 valence electrons. The van der Waals surface area contributed by atoms with Gasteiger partial charge in [0.1, 0.15) is 23.9 Å². The standard InChI is InChI=1S/C33H40N2O4/c1-36-32-25-30(26-33(27-32)37-2)11-10-29-12-14-31(15-13-29)39-24-23-38-22-21-35-19-17-34(18-20-35)16-6-9-28-7-4-3-5-8-28/h3-15,25-27H,16-24H2,1-2H3/b9-6?,11-10+. The van der Waals surface area contributed by atoms with Crippen molar-refractivity contribution < 1.29 is 18.9 Å². The fourth-order valence-corrected chi connectivity index (χ4v) is 4.40. The summed E-state index contributed by atoms with van der Waals surface area (Å²) >= 11 is 0. The number of nitrogens with zero attached hydrogens (tertiary/aromatic N) is 2. The van der Waals surface area contributed by atoms with E-state index in [4.69, 9.17) is 18.9 Å². The van der Waals surface area contributed by atoms with Crippen LogP contribution in [0, 0.1) is 0 Å². The number of piperazine rings is 1. The molecule has 0 radical (unpaired) electrons. The molecule has 0 atom stereocenters. The first kappa shape index (κ1) is 28.4. The maximum atomic E-state index is 5.85. The second-order valence-electron chi connectivity index (χ2n) is 9.46. The summed E-state index contributed by atoms with van der Waals surface area (Å²) in [7, 11) is 3.31. The summed E-state index contributed by atoms with van der Waals surface area (Å²) in [5, 5.41) is 0. The summed E-state index contributed by atoms with van der Waals surface area (Å²) < 4.78 is 22.4. The molecule has 6 nitrogen and oxygen atoms in total. The van der Waals surface area contributed by atoms with Crippen molar-refractivity contribution in [3.05, 3.63) is 95.6 Å². The maximum Gasteiger partial charge on any atom is 0.123 e. The zero-order valence-electron chi connectivity index (χ0n) is 23.1. The molecular formula is C33H40N2O4. The summed E-state index contributed by atoms with van der Waals surface area (Å²) in [4.78, 5) is 4.98. The van der Waals surface area contributed by atoms with E-state index in [-0.39, 0.29) is 0 Å². The first-order chi connectivity index (χ1) is 19.2. The molecule has 0 N–H and O–H groups in total. The first-order valence-corrected chi connectivity index (χ1v) is 13.6. The molecule has 0 bridgehead atoms. The molecule has 0 aliphatic carbocycles. The van der Waals surface area contributed by atoms with Gasteiger partial charge in [0, 0.05) is 45.3 Å². The zero-order chi connectivity index (χ0) is 27.1. The number of hydrogen-bond acceptors (Lipinski definition) is 6. The van der Waals surface area contributed by atoms with Crippen molar-refractivity contribution in [1.29, 1.82) is 0 Å². The van der Waals surface area contributed by atoms with E-state index in [9.17, 15) is 0 Å². The van der Waals surface area contributed by atoms with Gasteiger partial charge in [-0.1, -0.05) is 66.8 Å². The van der Waals surface area contributed by atoms with Crippen LogP contribution in [0.3, 0.4) is 0 Å². The Labute approximate surface area is 233 Å². The molecule has 4 rings (SSSR count). The predicted octanol–water partition coefficient (Wildman–Crippen LogP) is 5.60. The average Bonchev–Trinajstić information content (AvgIpc) is 2.99. The Morgan fingerprint density at radius 2 is 1.26 bits per heavy atom. The Morgan fingerprint density at radius 3 is 1.95 bits per heavy atom. The second kappa shape index (κ2) is 15.7. The highest BCUT2D eigenvalue weighted by Gasteiger charge is 2.15. The first-order valence-electron chi connectivity index (χ1n) is 13.6. The highest BCUT2D eigenvalue weighted by Crippen LogP contribution is 2.24. The molecule has 1 aliphatic rings. The van der Waals surface area contributed by atoms with Crippen LogP contribution in [-0.2, 0) is 4.74 Å². The number of ether oxygens (including phenoxy) is 4. The zero-order valence-corrected chi connectivity index (χ0v) is 23.1. The van der Waals surface area contributed by atoms with Gasteiger partial charge in [0.25, 0.3) is 0 Å². The molecule has 1 aliphatic heterocycles. The highest BCUT2D eigenvalue weighted by molar-refractivity contribution is 5.71. The molecule has 0 unspecified atom stereocenters. The van der Waals surface area contributed by atoms with Crippen LogP contribution in [0.25, 0.3) is 18.2 Å². The topological polar surface area (TPSA) is 43.4 Å². The van der Waals surface area contributed by atoms with Gasteiger partial charge in [0.15, 0.2) is 0 Å². The van der Waals surface area contributed by atoms with Gasteiger partial charge in [-0.15, -0.1) is 0 Å². The molecule has 6 heteroatoms. The third-order valence-corrected chi connectivity index (χ3v) is 6.71. The molecule has 3 aromatic rings. The number of benzene rings is 3. The van der Waals surface area contributed by atoms with Gasteiger partial charge in [0.2, 0.25) is 0 Å². The van der Waals surface area contributed by atoms with Gasteiger partial charge >= 0.3 is 0 Å². The molecule has 1 fully saturated rings. The quantitative estimate of drug-likeness (QED) is 0.200. The summed E-state index contributed by atoms with van der Waals surface area (Å²) in [6, 6.07) is 24.3. The second-order valence-corrected chi connectivity index (χ2v) is 9.46. The van der Waals surface area contributed by atoms with E-state index < -0.39 is 0 Å². The Bertz CT molecular complexity index is 1150. The van der Waals surface area contributed by atoms with Crippen molar-refractivity contribution in [2.24, 2.45) is 0 Å². The van der Waals surface area contributed by atoms with Gasteiger partial charge in [-0.25, -0.2) is 0 Å². The summed E-state index contributed by atoms with van der Waals surface area (Å²) in [6.45, 7) is 8.21. The molecule has 3 aromatic carbocycles. The molecule has 1 heterocycles. The number of methoxy groups -OCH3 is 2. The molecule has 0 amide bonds. The third kappa shape index (κ3) is 9.91. The van der Waals surface area contributed by atoms with E-state index in [0.717, 1.165) is 74.3 Å². The summed E-state index contributed by atoms with van der Waals surface area (Å²) in [5.74, 6) is 2.38. The maximum absolute atomic E-state index is 5.85. The monoisotopic (exact) mass is 528 g/mol. The lowest BCUT2D eigenvalue weighted by molar-refractivity contribution is 0.0637. The van der Waals surface area contributed by atoms with E-state index in [0.29, 0.717) is 13.2 Å². The van der Waals surface area contributed by atoms with Crippen molar-refractivity contribution in [3.63, 3.8) is 0 Å². The fourth-order valence-electron chi connectivity index (χ4n) is 4.40. The van der Waals surface area contributed by atoms with Crippen molar-refractivity contribution in [3.8, 4) is 17.2 Å². The number of hydrogen-bond donors (Lipinski definition) is 0.